The number of hydrogen-bond acceptors (Lipinski definition) is 1. The van der Waals surface area contributed by atoms with Crippen LogP contribution < -0.4 is 5.56 Å². The fourth-order valence-electron chi connectivity index (χ4n) is 1.42. The molecule has 0 atom stereocenters. The van der Waals surface area contributed by atoms with Crippen molar-refractivity contribution in [3.63, 3.8) is 0 Å². The van der Waals surface area contributed by atoms with Crippen LogP contribution in [0, 0.1) is 20.8 Å². The lowest BCUT2D eigenvalue weighted by Gasteiger charge is -2.11. The number of aryl methyl sites for hydroxylation is 1. The minimum atomic E-state index is 0.109. The molecule has 1 aromatic heterocycles. The van der Waals surface area contributed by atoms with Gasteiger partial charge in [-0.25, -0.2) is 0 Å². The summed E-state index contributed by atoms with van der Waals surface area (Å²) in [5.41, 5.74) is 3.50. The summed E-state index contributed by atoms with van der Waals surface area (Å²) in [6, 6.07) is 1.70. The average Bonchev–Trinajstić information content (AvgIpc) is 2.01. The number of pyridine rings is 1. The molecule has 0 aliphatic heterocycles. The molecule has 1 heterocycles. The molecular formula is C10H15NO. The second-order valence-electron chi connectivity index (χ2n) is 3.12. The quantitative estimate of drug-likeness (QED) is 0.622. The minimum Gasteiger partial charge on any atom is -0.313 e. The van der Waals surface area contributed by atoms with Crippen molar-refractivity contribution in [2.75, 3.05) is 0 Å². The molecule has 0 unspecified atom stereocenters. The second-order valence-corrected chi connectivity index (χ2v) is 3.12. The zero-order chi connectivity index (χ0) is 9.30. The van der Waals surface area contributed by atoms with E-state index in [9.17, 15) is 4.79 Å². The van der Waals surface area contributed by atoms with E-state index >= 15 is 0 Å². The van der Waals surface area contributed by atoms with Crippen LogP contribution in [0.2, 0.25) is 0 Å². The summed E-state index contributed by atoms with van der Waals surface area (Å²) in [5.74, 6) is 0. The smallest absolute Gasteiger partial charge is 0.250 e. The van der Waals surface area contributed by atoms with E-state index in [1.165, 1.54) is 5.56 Å². The fraction of sp³-hybridized carbons (Fsp3) is 0.500. The van der Waals surface area contributed by atoms with Gasteiger partial charge in [-0.15, -0.1) is 0 Å². The van der Waals surface area contributed by atoms with Crippen LogP contribution in [0.5, 0.6) is 0 Å². The molecule has 1 aromatic rings. The molecule has 0 aliphatic rings. The third kappa shape index (κ3) is 1.29. The van der Waals surface area contributed by atoms with Crippen molar-refractivity contribution in [1.29, 1.82) is 0 Å². The van der Waals surface area contributed by atoms with Gasteiger partial charge < -0.3 is 4.57 Å². The van der Waals surface area contributed by atoms with E-state index in [2.05, 4.69) is 6.92 Å². The molecule has 0 N–H and O–H groups in total. The largest absolute Gasteiger partial charge is 0.313 e. The van der Waals surface area contributed by atoms with Crippen LogP contribution in [0.1, 0.15) is 23.7 Å². The first-order valence-corrected chi connectivity index (χ1v) is 4.25. The molecule has 0 saturated carbocycles. The first-order chi connectivity index (χ1) is 5.57. The molecule has 0 spiro atoms. The monoisotopic (exact) mass is 165 g/mol. The standard InChI is InChI=1S/C10H15NO/c1-5-11-9(4)8(3)7(2)6-10(11)12/h6H,5H2,1-4H3. The van der Waals surface area contributed by atoms with E-state index in [1.807, 2.05) is 20.8 Å². The van der Waals surface area contributed by atoms with Crippen LogP contribution in [-0.2, 0) is 6.54 Å². The van der Waals surface area contributed by atoms with Gasteiger partial charge in [-0.1, -0.05) is 0 Å². The van der Waals surface area contributed by atoms with Crippen molar-refractivity contribution < 1.29 is 0 Å². The molecule has 66 valence electrons. The van der Waals surface area contributed by atoms with Crippen molar-refractivity contribution >= 4 is 0 Å². The van der Waals surface area contributed by atoms with E-state index in [-0.39, 0.29) is 5.56 Å². The molecule has 0 amide bonds. The number of aromatic nitrogens is 1. The third-order valence-corrected chi connectivity index (χ3v) is 2.46. The van der Waals surface area contributed by atoms with Gasteiger partial charge in [0, 0.05) is 18.3 Å². The Labute approximate surface area is 72.8 Å². The number of rotatable bonds is 1. The number of nitrogens with zero attached hydrogens (tertiary/aromatic N) is 1. The van der Waals surface area contributed by atoms with Gasteiger partial charge in [-0.3, -0.25) is 4.79 Å². The molecule has 0 bridgehead atoms. The van der Waals surface area contributed by atoms with Gasteiger partial charge in [0.25, 0.3) is 5.56 Å². The molecule has 0 fully saturated rings. The van der Waals surface area contributed by atoms with Crippen LogP contribution in [0.4, 0.5) is 0 Å². The Kier molecular flexibility index (Phi) is 2.36. The van der Waals surface area contributed by atoms with Gasteiger partial charge in [0.1, 0.15) is 0 Å². The Morgan fingerprint density at radius 2 is 1.92 bits per heavy atom. The topological polar surface area (TPSA) is 22.0 Å². The van der Waals surface area contributed by atoms with Gasteiger partial charge in [0.2, 0.25) is 0 Å². The second kappa shape index (κ2) is 3.13. The molecule has 0 aromatic carbocycles. The summed E-state index contributed by atoms with van der Waals surface area (Å²) in [4.78, 5) is 11.4. The Bertz CT molecular complexity index is 350. The van der Waals surface area contributed by atoms with E-state index in [0.29, 0.717) is 0 Å². The lowest BCUT2D eigenvalue weighted by atomic mass is 10.1. The van der Waals surface area contributed by atoms with Gasteiger partial charge in [-0.05, 0) is 38.8 Å². The molecule has 2 heteroatoms. The van der Waals surface area contributed by atoms with Crippen molar-refractivity contribution in [3.8, 4) is 0 Å². The zero-order valence-corrected chi connectivity index (χ0v) is 8.14. The molecule has 1 rings (SSSR count). The summed E-state index contributed by atoms with van der Waals surface area (Å²) in [6.45, 7) is 8.77. The molecule has 2 nitrogen and oxygen atoms in total. The number of hydrogen-bond donors (Lipinski definition) is 0. The van der Waals surface area contributed by atoms with E-state index in [1.54, 1.807) is 10.6 Å². The van der Waals surface area contributed by atoms with E-state index < -0.39 is 0 Å². The maximum atomic E-state index is 11.4. The van der Waals surface area contributed by atoms with Gasteiger partial charge in [-0.2, -0.15) is 0 Å². The highest BCUT2D eigenvalue weighted by atomic mass is 16.1. The van der Waals surface area contributed by atoms with Crippen molar-refractivity contribution in [2.45, 2.75) is 34.2 Å². The summed E-state index contributed by atoms with van der Waals surface area (Å²) < 4.78 is 1.79. The van der Waals surface area contributed by atoms with E-state index in [4.69, 9.17) is 0 Å². The van der Waals surface area contributed by atoms with Gasteiger partial charge in [0.15, 0.2) is 0 Å². The maximum absolute atomic E-state index is 11.4. The van der Waals surface area contributed by atoms with Crippen molar-refractivity contribution in [2.24, 2.45) is 0 Å². The molecule has 0 saturated heterocycles. The van der Waals surface area contributed by atoms with E-state index in [0.717, 1.165) is 17.8 Å². The highest BCUT2D eigenvalue weighted by molar-refractivity contribution is 5.27. The zero-order valence-electron chi connectivity index (χ0n) is 8.14. The predicted molar refractivity (Wildman–Crippen MR) is 50.6 cm³/mol. The molecule has 0 radical (unpaired) electrons. The Hall–Kier alpha value is -1.05. The van der Waals surface area contributed by atoms with Crippen LogP contribution in [0.15, 0.2) is 10.9 Å². The first-order valence-electron chi connectivity index (χ1n) is 4.25. The van der Waals surface area contributed by atoms with Crippen LogP contribution in [0.3, 0.4) is 0 Å². The Morgan fingerprint density at radius 3 is 2.42 bits per heavy atom. The molecule has 12 heavy (non-hydrogen) atoms. The first kappa shape index (κ1) is 9.04. The van der Waals surface area contributed by atoms with Gasteiger partial charge in [0.05, 0.1) is 0 Å². The summed E-state index contributed by atoms with van der Waals surface area (Å²) in [7, 11) is 0. The van der Waals surface area contributed by atoms with Crippen molar-refractivity contribution in [3.05, 3.63) is 33.2 Å². The third-order valence-electron chi connectivity index (χ3n) is 2.46. The lowest BCUT2D eigenvalue weighted by Crippen LogP contribution is -2.22. The summed E-state index contributed by atoms with van der Waals surface area (Å²) in [6.07, 6.45) is 0. The lowest BCUT2D eigenvalue weighted by molar-refractivity contribution is 0.692. The Balaban J connectivity index is 3.52. The van der Waals surface area contributed by atoms with Crippen LogP contribution in [-0.4, -0.2) is 4.57 Å². The Morgan fingerprint density at radius 1 is 1.33 bits per heavy atom. The van der Waals surface area contributed by atoms with Crippen LogP contribution >= 0.6 is 0 Å². The maximum Gasteiger partial charge on any atom is 0.250 e. The predicted octanol–water partition coefficient (Wildman–Crippen LogP) is 1.79. The molecule has 0 aliphatic carbocycles. The summed E-state index contributed by atoms with van der Waals surface area (Å²) in [5, 5.41) is 0. The normalized spacial score (nSPS) is 10.3. The average molecular weight is 165 g/mol. The van der Waals surface area contributed by atoms with Gasteiger partial charge >= 0.3 is 0 Å². The minimum absolute atomic E-state index is 0.109. The highest BCUT2D eigenvalue weighted by Gasteiger charge is 2.03. The van der Waals surface area contributed by atoms with Crippen molar-refractivity contribution in [1.82, 2.24) is 4.57 Å². The van der Waals surface area contributed by atoms with Crippen LogP contribution in [0.25, 0.3) is 0 Å². The SMILES string of the molecule is CCn1c(C)c(C)c(C)cc1=O. The highest BCUT2D eigenvalue weighted by Crippen LogP contribution is 2.08. The summed E-state index contributed by atoms with van der Waals surface area (Å²) >= 11 is 0. The molecular weight excluding hydrogens is 150 g/mol. The fourth-order valence-corrected chi connectivity index (χ4v) is 1.42.